The molecule has 1 aliphatic rings. The molecular formula is C33H37N5OS. The topological polar surface area (TPSA) is 62.2 Å². The zero-order valence-corrected chi connectivity index (χ0v) is 24.5. The highest BCUT2D eigenvalue weighted by Crippen LogP contribution is 2.41. The average Bonchev–Trinajstić information content (AvgIpc) is 3.46. The summed E-state index contributed by atoms with van der Waals surface area (Å²) in [7, 11) is 0. The molecule has 0 spiro atoms. The van der Waals surface area contributed by atoms with Crippen LogP contribution < -0.4 is 10.6 Å². The molecule has 3 heterocycles. The highest BCUT2D eigenvalue weighted by atomic mass is 32.1. The lowest BCUT2D eigenvalue weighted by molar-refractivity contribution is -0.116. The lowest BCUT2D eigenvalue weighted by atomic mass is 9.96. The molecule has 0 radical (unpaired) electrons. The lowest BCUT2D eigenvalue weighted by Gasteiger charge is -2.28. The number of aryl methyl sites for hydroxylation is 3. The number of carbonyl (C=O) groups is 1. The van der Waals surface area contributed by atoms with Gasteiger partial charge in [0.1, 0.15) is 0 Å². The molecule has 2 aromatic carbocycles. The van der Waals surface area contributed by atoms with E-state index in [-0.39, 0.29) is 18.0 Å². The number of nitrogens with zero attached hydrogens (tertiary/aromatic N) is 3. The number of thiocarbonyl (C=S) groups is 1. The van der Waals surface area contributed by atoms with Crippen LogP contribution in [0, 0.1) is 13.8 Å². The largest absolute Gasteiger partial charge is 0.352 e. The van der Waals surface area contributed by atoms with E-state index < -0.39 is 0 Å². The van der Waals surface area contributed by atoms with Crippen molar-refractivity contribution in [3.05, 3.63) is 113 Å². The van der Waals surface area contributed by atoms with Gasteiger partial charge in [0.15, 0.2) is 5.11 Å². The summed E-state index contributed by atoms with van der Waals surface area (Å²) in [6.45, 7) is 9.07. The molecule has 1 amide bonds. The summed E-state index contributed by atoms with van der Waals surface area (Å²) in [5.41, 5.74) is 8.88. The van der Waals surface area contributed by atoms with Crippen molar-refractivity contribution in [3.63, 3.8) is 0 Å². The third-order valence-corrected chi connectivity index (χ3v) is 8.19. The summed E-state index contributed by atoms with van der Waals surface area (Å²) < 4.78 is 2.30. The highest BCUT2D eigenvalue weighted by Gasteiger charge is 2.41. The Hall–Kier alpha value is -3.97. The van der Waals surface area contributed by atoms with Crippen molar-refractivity contribution < 1.29 is 4.79 Å². The molecule has 0 aliphatic carbocycles. The monoisotopic (exact) mass is 551 g/mol. The molecule has 1 aliphatic heterocycles. The molecule has 206 valence electrons. The van der Waals surface area contributed by atoms with Gasteiger partial charge in [0, 0.05) is 41.9 Å². The molecule has 5 rings (SSSR count). The van der Waals surface area contributed by atoms with E-state index in [0.717, 1.165) is 46.9 Å². The number of nitrogens with one attached hydrogen (secondary N) is 2. The minimum Gasteiger partial charge on any atom is -0.352 e. The quantitative estimate of drug-likeness (QED) is 0.229. The van der Waals surface area contributed by atoms with E-state index in [1.807, 2.05) is 48.7 Å². The van der Waals surface area contributed by atoms with Crippen molar-refractivity contribution in [1.29, 1.82) is 0 Å². The van der Waals surface area contributed by atoms with Crippen LogP contribution in [0.1, 0.15) is 66.1 Å². The molecular weight excluding hydrogens is 514 g/mol. The first-order chi connectivity index (χ1) is 19.4. The van der Waals surface area contributed by atoms with E-state index in [0.29, 0.717) is 18.1 Å². The van der Waals surface area contributed by atoms with Gasteiger partial charge in [-0.05, 0) is 92.0 Å². The molecule has 2 N–H and O–H groups in total. The molecule has 1 fully saturated rings. The molecule has 6 nitrogen and oxygen atoms in total. The van der Waals surface area contributed by atoms with E-state index in [4.69, 9.17) is 12.2 Å². The number of amides is 1. The van der Waals surface area contributed by atoms with E-state index in [1.54, 1.807) is 0 Å². The number of aromatic nitrogens is 2. The van der Waals surface area contributed by atoms with Gasteiger partial charge in [0.2, 0.25) is 5.91 Å². The molecule has 4 aromatic rings. The second kappa shape index (κ2) is 12.0. The second-order valence-corrected chi connectivity index (χ2v) is 10.7. The Bertz CT molecular complexity index is 1500. The Labute approximate surface area is 242 Å². The van der Waals surface area contributed by atoms with E-state index in [2.05, 4.69) is 83.1 Å². The fourth-order valence-electron chi connectivity index (χ4n) is 5.74. The van der Waals surface area contributed by atoms with Gasteiger partial charge in [-0.3, -0.25) is 9.78 Å². The van der Waals surface area contributed by atoms with Gasteiger partial charge in [-0.15, -0.1) is 0 Å². The van der Waals surface area contributed by atoms with Crippen LogP contribution in [0.2, 0.25) is 0 Å². The van der Waals surface area contributed by atoms with E-state index >= 15 is 0 Å². The zero-order chi connectivity index (χ0) is 28.2. The van der Waals surface area contributed by atoms with Crippen molar-refractivity contribution in [2.24, 2.45) is 0 Å². The van der Waals surface area contributed by atoms with Crippen molar-refractivity contribution in [2.75, 3.05) is 11.9 Å². The third-order valence-electron chi connectivity index (χ3n) is 7.84. The maximum absolute atomic E-state index is 13.1. The van der Waals surface area contributed by atoms with Gasteiger partial charge in [-0.25, -0.2) is 0 Å². The van der Waals surface area contributed by atoms with Crippen LogP contribution in [-0.4, -0.2) is 32.0 Å². The predicted molar refractivity (Wildman–Crippen MR) is 166 cm³/mol. The number of rotatable bonds is 9. The molecule has 0 unspecified atom stereocenters. The summed E-state index contributed by atoms with van der Waals surface area (Å²) in [5.74, 6) is -0.0229. The first kappa shape index (κ1) is 27.6. The van der Waals surface area contributed by atoms with Gasteiger partial charge in [0.25, 0.3) is 0 Å². The van der Waals surface area contributed by atoms with Crippen LogP contribution in [0.5, 0.6) is 0 Å². The summed E-state index contributed by atoms with van der Waals surface area (Å²) in [5, 5.41) is 7.27. The summed E-state index contributed by atoms with van der Waals surface area (Å²) in [6.07, 6.45) is 4.01. The van der Waals surface area contributed by atoms with Gasteiger partial charge < -0.3 is 20.1 Å². The Kier molecular flexibility index (Phi) is 8.31. The second-order valence-electron chi connectivity index (χ2n) is 10.3. The molecule has 2 atom stereocenters. The average molecular weight is 552 g/mol. The van der Waals surface area contributed by atoms with Crippen LogP contribution in [0.25, 0.3) is 5.69 Å². The van der Waals surface area contributed by atoms with Crippen molar-refractivity contribution in [2.45, 2.75) is 59.0 Å². The molecule has 2 aromatic heterocycles. The fraction of sp³-hybridized carbons (Fsp3) is 0.303. The SMILES string of the molecule is CCc1ccc(-n2c(C)cc([C@@H]3[C@@H](c4ccccn4)NC(=S)N3CCC(=O)Nc3ccccc3CC)c2C)cc1. The first-order valence-electron chi connectivity index (χ1n) is 14.0. The Balaban J connectivity index is 1.46. The number of anilines is 1. The summed E-state index contributed by atoms with van der Waals surface area (Å²) in [6, 6.07) is 24.7. The van der Waals surface area contributed by atoms with Crippen LogP contribution in [0.4, 0.5) is 5.69 Å². The maximum Gasteiger partial charge on any atom is 0.226 e. The number of para-hydroxylation sites is 1. The molecule has 1 saturated heterocycles. The maximum atomic E-state index is 13.1. The minimum atomic E-state index is -0.131. The smallest absolute Gasteiger partial charge is 0.226 e. The lowest BCUT2D eigenvalue weighted by Crippen LogP contribution is -2.33. The first-order valence-corrected chi connectivity index (χ1v) is 14.5. The number of carbonyl (C=O) groups excluding carboxylic acids is 1. The van der Waals surface area contributed by atoms with Gasteiger partial charge >= 0.3 is 0 Å². The van der Waals surface area contributed by atoms with Gasteiger partial charge in [0.05, 0.1) is 17.8 Å². The van der Waals surface area contributed by atoms with Crippen molar-refractivity contribution in [1.82, 2.24) is 19.8 Å². The number of hydrogen-bond donors (Lipinski definition) is 2. The number of benzene rings is 2. The van der Waals surface area contributed by atoms with Gasteiger partial charge in [-0.1, -0.05) is 50.2 Å². The zero-order valence-electron chi connectivity index (χ0n) is 23.6. The molecule has 7 heteroatoms. The van der Waals surface area contributed by atoms with Crippen molar-refractivity contribution in [3.8, 4) is 5.69 Å². The predicted octanol–water partition coefficient (Wildman–Crippen LogP) is 6.62. The van der Waals surface area contributed by atoms with E-state index in [9.17, 15) is 4.79 Å². The molecule has 0 saturated carbocycles. The summed E-state index contributed by atoms with van der Waals surface area (Å²) in [4.78, 5) is 19.9. The number of hydrogen-bond acceptors (Lipinski definition) is 3. The Morgan fingerprint density at radius 2 is 1.75 bits per heavy atom. The normalized spacial score (nSPS) is 16.7. The third kappa shape index (κ3) is 5.52. The Morgan fingerprint density at radius 3 is 2.45 bits per heavy atom. The van der Waals surface area contributed by atoms with Crippen LogP contribution >= 0.6 is 12.2 Å². The van der Waals surface area contributed by atoms with Crippen LogP contribution in [0.3, 0.4) is 0 Å². The van der Waals surface area contributed by atoms with E-state index in [1.165, 1.54) is 11.1 Å². The summed E-state index contributed by atoms with van der Waals surface area (Å²) >= 11 is 5.87. The standard InChI is InChI=1S/C33H37N5OS/c1-5-24-14-16-26(17-15-24)38-22(3)21-27(23(38)4)32-31(29-13-9-10-19-34-29)36-33(40)37(32)20-18-30(39)35-28-12-8-7-11-25(28)6-2/h7-17,19,21,31-32H,5-6,18,20H2,1-4H3,(H,35,39)(H,36,40)/t31-,32-/m1/s1. The highest BCUT2D eigenvalue weighted by molar-refractivity contribution is 7.80. The van der Waals surface area contributed by atoms with Crippen LogP contribution in [-0.2, 0) is 17.6 Å². The van der Waals surface area contributed by atoms with Gasteiger partial charge in [-0.2, -0.15) is 0 Å². The molecule has 0 bridgehead atoms. The van der Waals surface area contributed by atoms with Crippen molar-refractivity contribution >= 4 is 28.9 Å². The number of pyridine rings is 1. The van der Waals surface area contributed by atoms with Crippen LogP contribution in [0.15, 0.2) is 79.0 Å². The molecule has 40 heavy (non-hydrogen) atoms. The Morgan fingerprint density at radius 1 is 1.00 bits per heavy atom. The minimum absolute atomic E-state index is 0.0229. The fourth-order valence-corrected chi connectivity index (χ4v) is 6.07.